The Morgan fingerprint density at radius 1 is 0.365 bits per heavy atom. The summed E-state index contributed by atoms with van der Waals surface area (Å²) < 4.78 is 0. The van der Waals surface area contributed by atoms with Gasteiger partial charge in [-0.1, -0.05) is 166 Å². The van der Waals surface area contributed by atoms with Gasteiger partial charge in [-0.25, -0.2) is 0 Å². The second-order valence-electron chi connectivity index (χ2n) is 14.5. The van der Waals surface area contributed by atoms with Crippen LogP contribution in [0.1, 0.15) is 25.0 Å². The molecule has 0 bridgehead atoms. The highest BCUT2D eigenvalue weighted by Crippen LogP contribution is 2.54. The first-order valence-electron chi connectivity index (χ1n) is 18.2. The van der Waals surface area contributed by atoms with Crippen molar-refractivity contribution in [1.29, 1.82) is 0 Å². The van der Waals surface area contributed by atoms with Crippen LogP contribution in [-0.2, 0) is 5.41 Å². The summed E-state index contributed by atoms with van der Waals surface area (Å²) in [6.07, 6.45) is 0. The van der Waals surface area contributed by atoms with Gasteiger partial charge in [0, 0.05) is 16.8 Å². The van der Waals surface area contributed by atoms with E-state index < -0.39 is 0 Å². The van der Waals surface area contributed by atoms with E-state index in [9.17, 15) is 0 Å². The Kier molecular flexibility index (Phi) is 6.91. The molecule has 0 heterocycles. The van der Waals surface area contributed by atoms with Gasteiger partial charge < -0.3 is 4.90 Å². The van der Waals surface area contributed by atoms with Crippen molar-refractivity contribution in [2.75, 3.05) is 4.90 Å². The van der Waals surface area contributed by atoms with Gasteiger partial charge in [-0.15, -0.1) is 0 Å². The maximum Gasteiger partial charge on any atom is 0.0508 e. The molecule has 10 rings (SSSR count). The minimum atomic E-state index is -0.159. The van der Waals surface area contributed by atoms with Crippen molar-refractivity contribution in [3.63, 3.8) is 0 Å². The molecule has 0 N–H and O–H groups in total. The van der Waals surface area contributed by atoms with E-state index in [1.54, 1.807) is 0 Å². The Balaban J connectivity index is 1.14. The third kappa shape index (κ3) is 4.70. The molecule has 0 unspecified atom stereocenters. The van der Waals surface area contributed by atoms with Crippen LogP contribution < -0.4 is 4.90 Å². The average Bonchev–Trinajstić information content (AvgIpc) is 3.44. The first-order chi connectivity index (χ1) is 25.6. The van der Waals surface area contributed by atoms with Gasteiger partial charge in [0.1, 0.15) is 0 Å². The SMILES string of the molecule is CC1(C)c2ccccc2-c2cccc(N(c3ccc(-c4cccc5ccccc45)cc3)c3ccc(-c4cc5ccccc5c5ccccc45)cc3)c21. The van der Waals surface area contributed by atoms with Crippen LogP contribution in [0.4, 0.5) is 17.1 Å². The molecule has 9 aromatic rings. The number of nitrogens with zero attached hydrogens (tertiary/aromatic N) is 1. The number of anilines is 3. The van der Waals surface area contributed by atoms with Gasteiger partial charge in [-0.3, -0.25) is 0 Å². The minimum Gasteiger partial charge on any atom is -0.310 e. The highest BCUT2D eigenvalue weighted by molar-refractivity contribution is 6.13. The van der Waals surface area contributed by atoms with Gasteiger partial charge in [-0.05, 0) is 113 Å². The summed E-state index contributed by atoms with van der Waals surface area (Å²) in [6, 6.07) is 69.1. The third-order valence-corrected chi connectivity index (χ3v) is 11.2. The lowest BCUT2D eigenvalue weighted by Crippen LogP contribution is -2.20. The van der Waals surface area contributed by atoms with Crippen LogP contribution in [0.5, 0.6) is 0 Å². The summed E-state index contributed by atoms with van der Waals surface area (Å²) in [5.41, 5.74) is 13.6. The molecule has 0 aliphatic heterocycles. The Labute approximate surface area is 305 Å². The normalized spacial score (nSPS) is 13.0. The van der Waals surface area contributed by atoms with Crippen LogP contribution in [0.2, 0.25) is 0 Å². The zero-order chi connectivity index (χ0) is 34.8. The predicted octanol–water partition coefficient (Wildman–Crippen LogP) is 14.3. The Hall–Kier alpha value is -6.44. The van der Waals surface area contributed by atoms with Gasteiger partial charge in [-0.2, -0.15) is 0 Å². The Morgan fingerprint density at radius 2 is 0.885 bits per heavy atom. The van der Waals surface area contributed by atoms with E-state index in [0.29, 0.717) is 0 Å². The Morgan fingerprint density at radius 3 is 1.63 bits per heavy atom. The molecule has 0 saturated heterocycles. The van der Waals surface area contributed by atoms with Crippen LogP contribution in [0.15, 0.2) is 188 Å². The second-order valence-corrected chi connectivity index (χ2v) is 14.5. The van der Waals surface area contributed by atoms with Crippen molar-refractivity contribution in [2.24, 2.45) is 0 Å². The first kappa shape index (κ1) is 30.4. The highest BCUT2D eigenvalue weighted by Gasteiger charge is 2.38. The lowest BCUT2D eigenvalue weighted by molar-refractivity contribution is 0.661. The zero-order valence-corrected chi connectivity index (χ0v) is 29.3. The maximum absolute atomic E-state index is 2.46. The molecule has 1 aliphatic carbocycles. The van der Waals surface area contributed by atoms with Crippen LogP contribution in [0.3, 0.4) is 0 Å². The van der Waals surface area contributed by atoms with E-state index in [-0.39, 0.29) is 5.41 Å². The van der Waals surface area contributed by atoms with E-state index in [1.165, 1.54) is 82.5 Å². The zero-order valence-electron chi connectivity index (χ0n) is 29.3. The molecule has 52 heavy (non-hydrogen) atoms. The fourth-order valence-electron chi connectivity index (χ4n) is 8.78. The van der Waals surface area contributed by atoms with Gasteiger partial charge in [0.25, 0.3) is 0 Å². The third-order valence-electron chi connectivity index (χ3n) is 11.2. The molecule has 0 atom stereocenters. The van der Waals surface area contributed by atoms with Crippen LogP contribution in [0.25, 0.3) is 65.7 Å². The monoisotopic (exact) mass is 663 g/mol. The second kappa shape index (κ2) is 11.8. The summed E-state index contributed by atoms with van der Waals surface area (Å²) in [5, 5.41) is 7.64. The molecular weight excluding hydrogens is 627 g/mol. The van der Waals surface area contributed by atoms with E-state index >= 15 is 0 Å². The largest absolute Gasteiger partial charge is 0.310 e. The van der Waals surface area contributed by atoms with E-state index in [2.05, 4.69) is 207 Å². The number of rotatable bonds is 5. The van der Waals surface area contributed by atoms with Crippen molar-refractivity contribution < 1.29 is 0 Å². The topological polar surface area (TPSA) is 3.24 Å². The molecule has 0 saturated carbocycles. The first-order valence-corrected chi connectivity index (χ1v) is 18.2. The fourth-order valence-corrected chi connectivity index (χ4v) is 8.78. The molecule has 0 radical (unpaired) electrons. The Bertz CT molecular complexity index is 2800. The number of benzene rings is 9. The lowest BCUT2D eigenvalue weighted by atomic mass is 9.81. The van der Waals surface area contributed by atoms with Crippen LogP contribution in [-0.4, -0.2) is 0 Å². The molecule has 9 aromatic carbocycles. The summed E-state index contributed by atoms with van der Waals surface area (Å²) in [7, 11) is 0. The minimum absolute atomic E-state index is 0.159. The average molecular weight is 664 g/mol. The molecule has 1 aliphatic rings. The lowest BCUT2D eigenvalue weighted by Gasteiger charge is -2.32. The summed E-state index contributed by atoms with van der Waals surface area (Å²) in [4.78, 5) is 2.46. The smallest absolute Gasteiger partial charge is 0.0508 e. The fraction of sp³-hybridized carbons (Fsp3) is 0.0588. The van der Waals surface area contributed by atoms with Crippen molar-refractivity contribution >= 4 is 49.4 Å². The number of hydrogen-bond acceptors (Lipinski definition) is 1. The van der Waals surface area contributed by atoms with E-state index in [1.807, 2.05) is 0 Å². The van der Waals surface area contributed by atoms with Crippen LogP contribution >= 0.6 is 0 Å². The molecule has 1 heteroatoms. The molecular formula is C51H37N. The molecule has 0 aromatic heterocycles. The quantitative estimate of drug-likeness (QED) is 0.166. The molecule has 0 fully saturated rings. The molecule has 1 nitrogen and oxygen atoms in total. The highest BCUT2D eigenvalue weighted by atomic mass is 15.1. The van der Waals surface area contributed by atoms with Crippen LogP contribution in [0, 0.1) is 0 Å². The summed E-state index contributed by atoms with van der Waals surface area (Å²) in [5.74, 6) is 0. The van der Waals surface area contributed by atoms with Crippen molar-refractivity contribution in [2.45, 2.75) is 19.3 Å². The summed E-state index contributed by atoms with van der Waals surface area (Å²) in [6.45, 7) is 4.74. The van der Waals surface area contributed by atoms with E-state index in [4.69, 9.17) is 0 Å². The van der Waals surface area contributed by atoms with Gasteiger partial charge >= 0.3 is 0 Å². The number of hydrogen-bond donors (Lipinski definition) is 0. The van der Waals surface area contributed by atoms with Crippen molar-refractivity contribution in [1.82, 2.24) is 0 Å². The summed E-state index contributed by atoms with van der Waals surface area (Å²) >= 11 is 0. The van der Waals surface area contributed by atoms with Gasteiger partial charge in [0.15, 0.2) is 0 Å². The van der Waals surface area contributed by atoms with E-state index in [0.717, 1.165) is 11.4 Å². The molecule has 0 amide bonds. The van der Waals surface area contributed by atoms with Crippen molar-refractivity contribution in [3.05, 3.63) is 199 Å². The molecule has 0 spiro atoms. The standard InChI is InChI=1S/C51H37N/c1-51(2)48-23-10-9-20-45(48)46-22-12-24-49(50(46)51)52(38-29-25-35(26-30-38)41-21-11-15-34-13-3-5-16-40(34)41)39-31-27-36(28-32-39)47-33-37-14-4-6-17-42(37)43-18-7-8-19-44(43)47/h3-33H,1-2H3. The van der Waals surface area contributed by atoms with Crippen molar-refractivity contribution in [3.8, 4) is 33.4 Å². The van der Waals surface area contributed by atoms with Gasteiger partial charge in [0.05, 0.1) is 5.69 Å². The van der Waals surface area contributed by atoms with Gasteiger partial charge in [0.2, 0.25) is 0 Å². The molecule has 246 valence electrons. The maximum atomic E-state index is 2.46. The number of fused-ring (bicyclic) bond motifs is 7. The predicted molar refractivity (Wildman–Crippen MR) is 222 cm³/mol.